The SMILES string of the molecule is CC1(C)C2CCC[C@]13CS(O)(O)N(C(=O)/C=C/c1ccc(F)c(F)c1)[C@@H]3C2. The Balaban J connectivity index is 1.63. The number of hydrogen-bond donors (Lipinski definition) is 2. The number of carbonyl (C=O) groups excluding carboxylic acids is 1. The first kappa shape index (κ1) is 18.9. The van der Waals surface area contributed by atoms with Crippen molar-refractivity contribution in [3.05, 3.63) is 41.5 Å². The average molecular weight is 397 g/mol. The van der Waals surface area contributed by atoms with Gasteiger partial charge in [-0.3, -0.25) is 13.9 Å². The number of carbonyl (C=O) groups is 1. The van der Waals surface area contributed by atoms with Gasteiger partial charge in [-0.2, -0.15) is 0 Å². The van der Waals surface area contributed by atoms with Crippen molar-refractivity contribution in [3.8, 4) is 0 Å². The van der Waals surface area contributed by atoms with Gasteiger partial charge in [0.15, 0.2) is 11.6 Å². The first-order valence-electron chi connectivity index (χ1n) is 9.31. The predicted octanol–water partition coefficient (Wildman–Crippen LogP) is 5.07. The Morgan fingerprint density at radius 2 is 2.04 bits per heavy atom. The predicted molar refractivity (Wildman–Crippen MR) is 102 cm³/mol. The molecular formula is C20H25F2NO3S. The summed E-state index contributed by atoms with van der Waals surface area (Å²) in [6.45, 7) is 4.38. The third-order valence-corrected chi connectivity index (χ3v) is 9.22. The highest BCUT2D eigenvalue weighted by Gasteiger charge is 2.70. The van der Waals surface area contributed by atoms with Gasteiger partial charge in [-0.15, -0.1) is 10.8 Å². The summed E-state index contributed by atoms with van der Waals surface area (Å²) in [7, 11) is -3.20. The molecule has 1 unspecified atom stereocenters. The van der Waals surface area contributed by atoms with Gasteiger partial charge in [0.2, 0.25) is 0 Å². The Kier molecular flexibility index (Phi) is 4.22. The minimum atomic E-state index is -3.20. The second kappa shape index (κ2) is 6.03. The van der Waals surface area contributed by atoms with Crippen LogP contribution in [0, 0.1) is 28.4 Å². The van der Waals surface area contributed by atoms with E-state index in [4.69, 9.17) is 0 Å². The fourth-order valence-corrected chi connectivity index (χ4v) is 8.29. The van der Waals surface area contributed by atoms with Crippen LogP contribution in [-0.2, 0) is 4.79 Å². The Hall–Kier alpha value is -1.44. The smallest absolute Gasteiger partial charge is 0.264 e. The highest BCUT2D eigenvalue weighted by Crippen LogP contribution is 2.74. The van der Waals surface area contributed by atoms with E-state index in [2.05, 4.69) is 13.8 Å². The van der Waals surface area contributed by atoms with Gasteiger partial charge in [-0.1, -0.05) is 26.3 Å². The molecule has 2 bridgehead atoms. The number of nitrogens with zero attached hydrogens (tertiary/aromatic N) is 1. The highest BCUT2D eigenvalue weighted by atomic mass is 32.3. The third-order valence-electron chi connectivity index (χ3n) is 7.25. The summed E-state index contributed by atoms with van der Waals surface area (Å²) in [6, 6.07) is 3.19. The number of halogens is 2. The molecule has 1 amide bonds. The van der Waals surface area contributed by atoms with Gasteiger partial charge < -0.3 is 0 Å². The van der Waals surface area contributed by atoms with Crippen LogP contribution in [-0.4, -0.2) is 31.1 Å². The molecule has 1 aliphatic heterocycles. The average Bonchev–Trinajstić information content (AvgIpc) is 2.81. The largest absolute Gasteiger partial charge is 0.282 e. The topological polar surface area (TPSA) is 60.8 Å². The van der Waals surface area contributed by atoms with Crippen molar-refractivity contribution >= 4 is 22.8 Å². The lowest BCUT2D eigenvalue weighted by atomic mass is 9.58. The number of rotatable bonds is 2. The van der Waals surface area contributed by atoms with Gasteiger partial charge >= 0.3 is 0 Å². The molecule has 3 fully saturated rings. The summed E-state index contributed by atoms with van der Waals surface area (Å²) in [5, 5.41) is 0. The zero-order valence-electron chi connectivity index (χ0n) is 15.5. The number of benzene rings is 1. The molecular weight excluding hydrogens is 372 g/mol. The minimum absolute atomic E-state index is 0.0432. The molecule has 1 aromatic carbocycles. The Bertz CT molecular complexity index is 825. The van der Waals surface area contributed by atoms with Crippen LogP contribution in [0.25, 0.3) is 6.08 Å². The van der Waals surface area contributed by atoms with Crippen molar-refractivity contribution in [1.29, 1.82) is 0 Å². The maximum absolute atomic E-state index is 13.4. The molecule has 0 radical (unpaired) electrons. The molecule has 27 heavy (non-hydrogen) atoms. The summed E-state index contributed by atoms with van der Waals surface area (Å²) < 4.78 is 49.2. The van der Waals surface area contributed by atoms with Crippen molar-refractivity contribution in [2.45, 2.75) is 45.6 Å². The first-order chi connectivity index (χ1) is 12.6. The lowest BCUT2D eigenvalue weighted by molar-refractivity contribution is -0.124. The van der Waals surface area contributed by atoms with Crippen molar-refractivity contribution in [2.75, 3.05) is 5.75 Å². The second-order valence-electron chi connectivity index (χ2n) is 8.67. The minimum Gasteiger partial charge on any atom is -0.282 e. The second-order valence-corrected chi connectivity index (χ2v) is 10.6. The molecule has 4 rings (SSSR count). The lowest BCUT2D eigenvalue weighted by Crippen LogP contribution is -2.46. The summed E-state index contributed by atoms with van der Waals surface area (Å²) in [6.07, 6.45) is 6.46. The number of hydrogen-bond acceptors (Lipinski definition) is 3. The van der Waals surface area contributed by atoms with Crippen molar-refractivity contribution in [3.63, 3.8) is 0 Å². The zero-order chi connectivity index (χ0) is 19.6. The summed E-state index contributed by atoms with van der Waals surface area (Å²) >= 11 is 0. The summed E-state index contributed by atoms with van der Waals surface area (Å²) in [5.41, 5.74) is 0.0386. The molecule has 1 aromatic rings. The Morgan fingerprint density at radius 1 is 1.30 bits per heavy atom. The fourth-order valence-electron chi connectivity index (χ4n) is 5.71. The van der Waals surface area contributed by atoms with E-state index in [1.807, 2.05) is 0 Å². The van der Waals surface area contributed by atoms with E-state index in [-0.39, 0.29) is 22.6 Å². The van der Waals surface area contributed by atoms with E-state index in [1.165, 1.54) is 22.5 Å². The van der Waals surface area contributed by atoms with Crippen LogP contribution in [0.3, 0.4) is 0 Å². The molecule has 7 heteroatoms. The molecule has 4 nitrogen and oxygen atoms in total. The fraction of sp³-hybridized carbons (Fsp3) is 0.550. The molecule has 3 aliphatic rings. The molecule has 3 atom stereocenters. The van der Waals surface area contributed by atoms with E-state index in [1.54, 1.807) is 0 Å². The van der Waals surface area contributed by atoms with Crippen LogP contribution in [0.1, 0.15) is 45.1 Å². The third kappa shape index (κ3) is 2.66. The normalized spacial score (nSPS) is 34.7. The zero-order valence-corrected chi connectivity index (χ0v) is 16.3. The van der Waals surface area contributed by atoms with Crippen molar-refractivity contribution in [2.24, 2.45) is 16.7 Å². The molecule has 148 valence electrons. The van der Waals surface area contributed by atoms with E-state index in [0.29, 0.717) is 11.5 Å². The standard InChI is InChI=1S/C20H25F2NO3S/c1-19(2)14-4-3-9-20(19)12-27(25,26)23(17(20)11-14)18(24)8-6-13-5-7-15(21)16(22)10-13/h5-8,10,14,17,25-26H,3-4,9,11-12H2,1-2H3/b8-6+/t14?,17-,20-/m1/s1. The first-order valence-corrected chi connectivity index (χ1v) is 11.0. The highest BCUT2D eigenvalue weighted by molar-refractivity contribution is 8.22. The number of fused-ring (bicyclic) bond motifs is 1. The van der Waals surface area contributed by atoms with E-state index in [9.17, 15) is 22.7 Å². The van der Waals surface area contributed by atoms with E-state index < -0.39 is 28.3 Å². The van der Waals surface area contributed by atoms with Gasteiger partial charge in [0, 0.05) is 11.5 Å². The van der Waals surface area contributed by atoms with Gasteiger partial charge in [-0.25, -0.2) is 13.1 Å². The molecule has 1 saturated heterocycles. The molecule has 2 aliphatic carbocycles. The van der Waals surface area contributed by atoms with Crippen molar-refractivity contribution < 1.29 is 22.7 Å². The maximum atomic E-state index is 13.4. The van der Waals surface area contributed by atoms with Gasteiger partial charge in [0.1, 0.15) is 0 Å². The van der Waals surface area contributed by atoms with Crippen LogP contribution in [0.15, 0.2) is 24.3 Å². The molecule has 0 aromatic heterocycles. The molecule has 2 saturated carbocycles. The summed E-state index contributed by atoms with van der Waals surface area (Å²) in [5.74, 6) is -1.71. The van der Waals surface area contributed by atoms with Gasteiger partial charge in [0.25, 0.3) is 5.91 Å². The van der Waals surface area contributed by atoms with Crippen LogP contribution < -0.4 is 0 Å². The van der Waals surface area contributed by atoms with E-state index in [0.717, 1.165) is 37.8 Å². The van der Waals surface area contributed by atoms with Gasteiger partial charge in [0.05, 0.1) is 11.8 Å². The Labute approximate surface area is 159 Å². The quantitative estimate of drug-likeness (QED) is 0.685. The van der Waals surface area contributed by atoms with Gasteiger partial charge in [-0.05, 0) is 54.4 Å². The number of amides is 1. The molecule has 2 N–H and O–H groups in total. The van der Waals surface area contributed by atoms with Crippen LogP contribution in [0.4, 0.5) is 8.78 Å². The summed E-state index contributed by atoms with van der Waals surface area (Å²) in [4.78, 5) is 12.9. The van der Waals surface area contributed by atoms with E-state index >= 15 is 0 Å². The maximum Gasteiger partial charge on any atom is 0.264 e. The van der Waals surface area contributed by atoms with Crippen LogP contribution in [0.2, 0.25) is 0 Å². The van der Waals surface area contributed by atoms with Crippen LogP contribution >= 0.6 is 10.8 Å². The molecule has 1 heterocycles. The monoisotopic (exact) mass is 397 g/mol. The Morgan fingerprint density at radius 3 is 2.74 bits per heavy atom. The van der Waals surface area contributed by atoms with Crippen LogP contribution in [0.5, 0.6) is 0 Å². The lowest BCUT2D eigenvalue weighted by Gasteiger charge is -2.47. The van der Waals surface area contributed by atoms with Crippen molar-refractivity contribution in [1.82, 2.24) is 4.31 Å². The molecule has 1 spiro atoms.